The minimum absolute atomic E-state index is 0.0831. The van der Waals surface area contributed by atoms with E-state index < -0.39 is 97.7 Å². The molecule has 1 aromatic carbocycles. The molecule has 1 aromatic rings. The minimum atomic E-state index is -4.83. The Morgan fingerprint density at radius 3 is 2.43 bits per heavy atom. The molecule has 14 nitrogen and oxygen atoms in total. The zero-order valence-electron chi connectivity index (χ0n) is 31.3. The second kappa shape index (κ2) is 16.6. The van der Waals surface area contributed by atoms with Crippen LogP contribution in [-0.4, -0.2) is 91.2 Å². The van der Waals surface area contributed by atoms with Gasteiger partial charge in [-0.1, -0.05) is 31.9 Å². The number of carbonyl (C=O) groups is 5. The summed E-state index contributed by atoms with van der Waals surface area (Å²) >= 11 is 0. The molecule has 1 aliphatic carbocycles. The maximum absolute atomic E-state index is 14.3. The van der Waals surface area contributed by atoms with Gasteiger partial charge in [-0.2, -0.15) is 13.2 Å². The molecule has 3 aliphatic rings. The molecule has 54 heavy (non-hydrogen) atoms. The molecule has 0 aromatic heterocycles. The lowest BCUT2D eigenvalue weighted by molar-refractivity contribution is -0.141. The number of carbonyl (C=O) groups excluding carboxylic acids is 5. The van der Waals surface area contributed by atoms with Crippen LogP contribution < -0.4 is 25.4 Å². The van der Waals surface area contributed by atoms with Crippen LogP contribution in [0.15, 0.2) is 30.4 Å². The summed E-state index contributed by atoms with van der Waals surface area (Å²) in [6.07, 6.45) is 0.666. The highest BCUT2D eigenvalue weighted by Gasteiger charge is 2.61. The van der Waals surface area contributed by atoms with Crippen molar-refractivity contribution in [1.82, 2.24) is 25.6 Å². The Balaban J connectivity index is 1.68. The lowest BCUT2D eigenvalue weighted by Gasteiger charge is -2.30. The molecule has 1 unspecified atom stereocenters. The standard InChI is InChI=1S/C36H50F3N5O9S/c1-7-21(2)54(50,51)43-32(48)35-19-23(35)13-11-9-8-10-12-14-26(41-33(49)53-34(3,4)5)31(47)44-20-24(18-27(44)30(46)42-35)40-29(45)22-15-16-28(52-6)25(17-22)36(37,38)39/h11,13,15-17,21,23-24,26-27H,7-10,12,14,18-20H2,1-6H3,(H,40,45)(H,41,49)(H,42,46)(H,43,48)/b13-11-/t21?,23-,24-,26+,27+,35-/m1/s1. The molecule has 0 radical (unpaired) electrons. The number of halogens is 3. The first-order valence-electron chi connectivity index (χ1n) is 18.0. The van der Waals surface area contributed by atoms with E-state index in [0.29, 0.717) is 31.7 Å². The van der Waals surface area contributed by atoms with E-state index in [4.69, 9.17) is 9.47 Å². The molecular formula is C36H50F3N5O9S. The van der Waals surface area contributed by atoms with Crippen molar-refractivity contribution >= 4 is 39.7 Å². The topological polar surface area (TPSA) is 189 Å². The third-order valence-electron chi connectivity index (χ3n) is 9.82. The number of ether oxygens (including phenoxy) is 2. The summed E-state index contributed by atoms with van der Waals surface area (Å²) in [5.41, 5.74) is -4.07. The van der Waals surface area contributed by atoms with Gasteiger partial charge < -0.3 is 30.3 Å². The summed E-state index contributed by atoms with van der Waals surface area (Å²) in [7, 11) is -3.03. The van der Waals surface area contributed by atoms with Crippen molar-refractivity contribution < 1.29 is 55.0 Å². The number of hydrogen-bond acceptors (Lipinski definition) is 9. The van der Waals surface area contributed by atoms with Crippen molar-refractivity contribution in [3.63, 3.8) is 0 Å². The van der Waals surface area contributed by atoms with Crippen LogP contribution in [0, 0.1) is 5.92 Å². The van der Waals surface area contributed by atoms with Gasteiger partial charge in [-0.25, -0.2) is 13.2 Å². The van der Waals surface area contributed by atoms with E-state index in [9.17, 15) is 45.6 Å². The second-order valence-electron chi connectivity index (χ2n) is 15.1. The maximum Gasteiger partial charge on any atom is 0.419 e. The lowest BCUT2D eigenvalue weighted by Crippen LogP contribution is -2.58. The number of alkyl halides is 3. The van der Waals surface area contributed by atoms with Crippen molar-refractivity contribution in [2.45, 2.75) is 127 Å². The van der Waals surface area contributed by atoms with Crippen molar-refractivity contribution in [2.75, 3.05) is 13.7 Å². The largest absolute Gasteiger partial charge is 0.496 e. The van der Waals surface area contributed by atoms with E-state index in [1.165, 1.54) is 6.92 Å². The van der Waals surface area contributed by atoms with Gasteiger partial charge in [0.1, 0.15) is 29.0 Å². The first kappa shape index (κ1) is 42.4. The lowest BCUT2D eigenvalue weighted by atomic mass is 10.0. The highest BCUT2D eigenvalue weighted by molar-refractivity contribution is 7.90. The number of hydrogen-bond donors (Lipinski definition) is 4. The zero-order valence-corrected chi connectivity index (χ0v) is 32.1. The second-order valence-corrected chi connectivity index (χ2v) is 17.2. The van der Waals surface area contributed by atoms with Crippen LogP contribution in [0.5, 0.6) is 5.75 Å². The quantitative estimate of drug-likeness (QED) is 0.283. The summed E-state index contributed by atoms with van der Waals surface area (Å²) in [6.45, 7) is 7.77. The first-order valence-corrected chi connectivity index (χ1v) is 19.6. The van der Waals surface area contributed by atoms with Gasteiger partial charge in [0.2, 0.25) is 21.8 Å². The first-order chi connectivity index (χ1) is 25.1. The third-order valence-corrected chi connectivity index (χ3v) is 11.7. The fourth-order valence-electron chi connectivity index (χ4n) is 6.55. The molecule has 2 aliphatic heterocycles. The van der Waals surface area contributed by atoms with E-state index >= 15 is 0 Å². The van der Waals surface area contributed by atoms with Gasteiger partial charge in [0.15, 0.2) is 0 Å². The third kappa shape index (κ3) is 10.2. The predicted molar refractivity (Wildman–Crippen MR) is 191 cm³/mol. The van der Waals surface area contributed by atoms with Crippen LogP contribution in [0.25, 0.3) is 0 Å². The molecule has 1 saturated carbocycles. The smallest absolute Gasteiger partial charge is 0.419 e. The molecule has 0 bridgehead atoms. The minimum Gasteiger partial charge on any atom is -0.496 e. The van der Waals surface area contributed by atoms with Crippen molar-refractivity contribution in [3.8, 4) is 5.75 Å². The molecule has 18 heteroatoms. The maximum atomic E-state index is 14.3. The van der Waals surface area contributed by atoms with E-state index in [2.05, 4.69) is 20.7 Å². The van der Waals surface area contributed by atoms with Gasteiger partial charge in [-0.15, -0.1) is 0 Å². The average Bonchev–Trinajstić information content (AvgIpc) is 3.61. The monoisotopic (exact) mass is 785 g/mol. The molecule has 0 spiro atoms. The highest BCUT2D eigenvalue weighted by atomic mass is 32.2. The molecule has 5 amide bonds. The Labute approximate surface area is 313 Å². The van der Waals surface area contributed by atoms with E-state index in [0.717, 1.165) is 24.1 Å². The summed E-state index contributed by atoms with van der Waals surface area (Å²) in [5, 5.41) is 7.04. The number of benzene rings is 1. The molecule has 6 atom stereocenters. The SMILES string of the molecule is CCC(C)S(=O)(=O)NC(=O)[C@@]12C[C@H]1/C=C\CCCCC[C@H](NC(=O)OC(C)(C)C)C(=O)N1C[C@H](NC(=O)c3ccc(OC)c(C(F)(F)F)c3)C[C@H]1C(=O)N2. The van der Waals surface area contributed by atoms with Gasteiger partial charge in [-0.3, -0.25) is 23.9 Å². The van der Waals surface area contributed by atoms with Crippen molar-refractivity contribution in [3.05, 3.63) is 41.5 Å². The number of fused-ring (bicyclic) bond motifs is 2. The Kier molecular flexibility index (Phi) is 13.0. The van der Waals surface area contributed by atoms with Gasteiger partial charge >= 0.3 is 12.3 Å². The van der Waals surface area contributed by atoms with Crippen LogP contribution in [0.3, 0.4) is 0 Å². The average molecular weight is 786 g/mol. The molecule has 1 saturated heterocycles. The number of amides is 5. The summed E-state index contributed by atoms with van der Waals surface area (Å²) in [6, 6.07) is -0.663. The molecule has 4 N–H and O–H groups in total. The highest BCUT2D eigenvalue weighted by Crippen LogP contribution is 2.46. The van der Waals surface area contributed by atoms with Gasteiger partial charge in [0.05, 0.1) is 17.9 Å². The Bertz CT molecular complexity index is 1750. The van der Waals surface area contributed by atoms with Gasteiger partial charge in [-0.05, 0) is 84.4 Å². The van der Waals surface area contributed by atoms with Crippen molar-refractivity contribution in [2.24, 2.45) is 5.92 Å². The normalized spacial score (nSPS) is 26.4. The fourth-order valence-corrected chi connectivity index (χ4v) is 7.63. The number of rotatable bonds is 8. The molecular weight excluding hydrogens is 735 g/mol. The summed E-state index contributed by atoms with van der Waals surface area (Å²) in [4.78, 5) is 69.5. The van der Waals surface area contributed by atoms with Crippen molar-refractivity contribution in [1.29, 1.82) is 0 Å². The fraction of sp³-hybridized carbons (Fsp3) is 0.639. The Morgan fingerprint density at radius 1 is 1.09 bits per heavy atom. The number of nitrogens with zero attached hydrogens (tertiary/aromatic N) is 1. The van der Waals surface area contributed by atoms with E-state index in [1.54, 1.807) is 33.8 Å². The van der Waals surface area contributed by atoms with Crippen LogP contribution in [0.2, 0.25) is 0 Å². The van der Waals surface area contributed by atoms with Crippen LogP contribution >= 0.6 is 0 Å². The van der Waals surface area contributed by atoms with Crippen LogP contribution in [0.1, 0.15) is 102 Å². The molecule has 300 valence electrons. The zero-order chi connectivity index (χ0) is 40.2. The van der Waals surface area contributed by atoms with Crippen LogP contribution in [0.4, 0.5) is 18.0 Å². The van der Waals surface area contributed by atoms with Gasteiger partial charge in [0.25, 0.3) is 11.8 Å². The number of alkyl carbamates (subject to hydrolysis) is 1. The molecule has 4 rings (SSSR count). The predicted octanol–water partition coefficient (Wildman–Crippen LogP) is 3.95. The summed E-state index contributed by atoms with van der Waals surface area (Å²) in [5.74, 6) is -4.38. The van der Waals surface area contributed by atoms with Gasteiger partial charge in [0, 0.05) is 24.1 Å². The molecule has 2 fully saturated rings. The Morgan fingerprint density at radius 2 is 1.80 bits per heavy atom. The number of allylic oxidation sites excluding steroid dienone is 1. The summed E-state index contributed by atoms with van der Waals surface area (Å²) < 4.78 is 79.3. The van der Waals surface area contributed by atoms with E-state index in [-0.39, 0.29) is 37.8 Å². The van der Waals surface area contributed by atoms with Crippen LogP contribution in [-0.2, 0) is 35.3 Å². The number of methoxy groups -OCH3 is 1. The van der Waals surface area contributed by atoms with E-state index in [1.807, 2.05) is 6.08 Å². The number of nitrogens with one attached hydrogen (secondary N) is 4. The molecule has 2 heterocycles. The Hall–Kier alpha value is -4.35. The number of sulfonamides is 1.